The molecule has 4 aliphatic rings. The van der Waals surface area contributed by atoms with Gasteiger partial charge >= 0.3 is 0 Å². The van der Waals surface area contributed by atoms with Gasteiger partial charge in [-0.2, -0.15) is 0 Å². The summed E-state index contributed by atoms with van der Waals surface area (Å²) >= 11 is 1.52. The van der Waals surface area contributed by atoms with Gasteiger partial charge in [0.15, 0.2) is 0 Å². The highest BCUT2D eigenvalue weighted by Crippen LogP contribution is 2.59. The number of hydrogen-bond donors (Lipinski definition) is 3. The summed E-state index contributed by atoms with van der Waals surface area (Å²) in [5.74, 6) is -0.0723. The molecule has 2 fully saturated rings. The van der Waals surface area contributed by atoms with Gasteiger partial charge in [-0.1, -0.05) is 79.2 Å². The summed E-state index contributed by atoms with van der Waals surface area (Å²) in [5, 5.41) is 36.5. The smallest absolute Gasteiger partial charge is 0.203 e. The van der Waals surface area contributed by atoms with Crippen molar-refractivity contribution in [3.63, 3.8) is 0 Å². The van der Waals surface area contributed by atoms with E-state index in [-0.39, 0.29) is 24.4 Å². The van der Waals surface area contributed by atoms with E-state index >= 15 is 0 Å². The topological polar surface area (TPSA) is 99.5 Å². The second-order valence-electron chi connectivity index (χ2n) is 16.4. The van der Waals surface area contributed by atoms with Crippen LogP contribution in [0.15, 0.2) is 90.5 Å². The molecule has 0 amide bonds. The van der Waals surface area contributed by atoms with E-state index in [1.807, 2.05) is 60.7 Å². The number of ketones is 1. The van der Waals surface area contributed by atoms with Crippen molar-refractivity contribution in [3.05, 3.63) is 118 Å². The molecule has 6 atom stereocenters. The van der Waals surface area contributed by atoms with Gasteiger partial charge in [-0.15, -0.1) is 11.3 Å². The number of allylic oxidation sites excluding steroid dienone is 2. The van der Waals surface area contributed by atoms with Crippen molar-refractivity contribution in [1.29, 1.82) is 0 Å². The van der Waals surface area contributed by atoms with Crippen molar-refractivity contribution in [3.8, 4) is 0 Å². The lowest BCUT2D eigenvalue weighted by atomic mass is 9.64. The molecule has 3 aromatic carbocycles. The molecule has 0 radical (unpaired) electrons. The molecule has 7 nitrogen and oxygen atoms in total. The molecule has 1 saturated carbocycles. The van der Waals surface area contributed by atoms with Crippen LogP contribution < -0.4 is 0 Å². The lowest BCUT2D eigenvalue weighted by Gasteiger charge is -2.46. The van der Waals surface area contributed by atoms with Gasteiger partial charge in [0, 0.05) is 41.9 Å². The second kappa shape index (κ2) is 17.3. The van der Waals surface area contributed by atoms with Crippen molar-refractivity contribution in [2.45, 2.75) is 108 Å². The van der Waals surface area contributed by atoms with E-state index in [1.54, 1.807) is 0 Å². The quantitative estimate of drug-likeness (QED) is 0.0992. The number of carbonyl (C=O) groups excluding carboxylic acids is 1. The minimum atomic E-state index is -1.09. The van der Waals surface area contributed by atoms with Crippen LogP contribution in [-0.4, -0.2) is 82.8 Å². The summed E-state index contributed by atoms with van der Waals surface area (Å²) in [7, 11) is 0. The average Bonchev–Trinajstić information content (AvgIpc) is 3.89. The Kier molecular flexibility index (Phi) is 12.5. The Morgan fingerprint density at radius 3 is 2.65 bits per heavy atom. The Bertz CT molecular complexity index is 1870. The SMILES string of the molecule is CC1=CCCC2(C)C(CCC2(O)CN(CC(O)COCc2ccccc2)CC2CCCO2)c2ccc(cc2C(=O)c2cc3ccccc3s2)CC(O)CC1. The number of aliphatic hydroxyl groups excluding tert-OH is 2. The molecule has 8 rings (SSSR count). The first kappa shape index (κ1) is 39.0. The zero-order valence-corrected chi connectivity index (χ0v) is 32.7. The lowest BCUT2D eigenvalue weighted by molar-refractivity contribution is -0.0961. The molecule has 2 bridgehead atoms. The molecule has 6 unspecified atom stereocenters. The predicted octanol–water partition coefficient (Wildman–Crippen LogP) is 8.23. The molecule has 1 saturated heterocycles. The second-order valence-corrected chi connectivity index (χ2v) is 17.5. The summed E-state index contributed by atoms with van der Waals surface area (Å²) in [4.78, 5) is 17.5. The number of ether oxygens (including phenoxy) is 2. The first-order valence-electron chi connectivity index (χ1n) is 20.0. The molecule has 3 N–H and O–H groups in total. The van der Waals surface area contributed by atoms with E-state index in [0.717, 1.165) is 71.9 Å². The van der Waals surface area contributed by atoms with E-state index in [4.69, 9.17) is 9.47 Å². The molecule has 8 heteroatoms. The number of carbonyl (C=O) groups is 1. The van der Waals surface area contributed by atoms with Gasteiger partial charge in [0.1, 0.15) is 0 Å². The van der Waals surface area contributed by atoms with Gasteiger partial charge in [0.05, 0.1) is 42.0 Å². The molecule has 288 valence electrons. The van der Waals surface area contributed by atoms with Crippen LogP contribution in [0, 0.1) is 5.41 Å². The molecule has 54 heavy (non-hydrogen) atoms. The average molecular weight is 752 g/mol. The van der Waals surface area contributed by atoms with Crippen LogP contribution in [0.1, 0.15) is 103 Å². The van der Waals surface area contributed by atoms with E-state index in [1.165, 1.54) is 16.9 Å². The van der Waals surface area contributed by atoms with Gasteiger partial charge in [-0.05, 0) is 111 Å². The highest BCUT2D eigenvalue weighted by Gasteiger charge is 2.57. The summed E-state index contributed by atoms with van der Waals surface area (Å²) < 4.78 is 13.1. The standard InChI is InChI=1S/C46H57NO6S/c1-32-10-8-21-45(2)41(39-19-17-34(24-36(48)18-16-32)25-40(39)44(50)43-26-35-13-6-7-15-42(35)54-43)20-22-46(45,51)31-47(28-38-14-9-23-53-38)27-37(49)30-52-29-33-11-4-3-5-12-33/h3-7,10-13,15,17,19,25-26,36-38,41,48-49,51H,8-9,14,16,18,20-24,27-31H2,1-2H3. The lowest BCUT2D eigenvalue weighted by Crippen LogP contribution is -2.55. The Hall–Kier alpha value is -3.21. The van der Waals surface area contributed by atoms with Crippen LogP contribution in [0.3, 0.4) is 0 Å². The number of hydrogen-bond acceptors (Lipinski definition) is 8. The Balaban J connectivity index is 1.20. The molecule has 1 aromatic heterocycles. The maximum atomic E-state index is 14.6. The molecule has 4 aromatic rings. The van der Waals surface area contributed by atoms with Crippen molar-refractivity contribution in [2.24, 2.45) is 5.41 Å². The fraction of sp³-hybridized carbons (Fsp3) is 0.500. The van der Waals surface area contributed by atoms with Gasteiger partial charge < -0.3 is 24.8 Å². The van der Waals surface area contributed by atoms with Crippen molar-refractivity contribution in [1.82, 2.24) is 4.90 Å². The van der Waals surface area contributed by atoms with E-state index < -0.39 is 23.2 Å². The Labute approximate surface area is 324 Å². The van der Waals surface area contributed by atoms with Crippen LogP contribution in [0.4, 0.5) is 0 Å². The van der Waals surface area contributed by atoms with Crippen LogP contribution >= 0.6 is 11.3 Å². The molecule has 0 spiro atoms. The highest BCUT2D eigenvalue weighted by molar-refractivity contribution is 7.21. The van der Waals surface area contributed by atoms with Crippen LogP contribution in [0.25, 0.3) is 10.1 Å². The van der Waals surface area contributed by atoms with E-state index in [9.17, 15) is 20.1 Å². The summed E-state index contributed by atoms with van der Waals surface area (Å²) in [6.45, 7) is 7.12. The van der Waals surface area contributed by atoms with Crippen LogP contribution in [-0.2, 0) is 22.5 Å². The third-order valence-electron chi connectivity index (χ3n) is 12.4. The number of benzene rings is 3. The maximum absolute atomic E-state index is 14.6. The molecule has 1 aliphatic heterocycles. The number of aliphatic hydroxyl groups is 3. The summed E-state index contributed by atoms with van der Waals surface area (Å²) in [5.41, 5.74) is 3.26. The fourth-order valence-electron chi connectivity index (χ4n) is 9.31. The minimum absolute atomic E-state index is 0.00166. The fourth-order valence-corrected chi connectivity index (χ4v) is 10.3. The monoisotopic (exact) mass is 751 g/mol. The highest BCUT2D eigenvalue weighted by atomic mass is 32.1. The third kappa shape index (κ3) is 8.92. The van der Waals surface area contributed by atoms with Gasteiger partial charge in [0.25, 0.3) is 0 Å². The van der Waals surface area contributed by atoms with E-state index in [0.29, 0.717) is 55.9 Å². The van der Waals surface area contributed by atoms with Gasteiger partial charge in [-0.3, -0.25) is 9.69 Å². The summed E-state index contributed by atoms with van der Waals surface area (Å²) in [6.07, 6.45) is 7.88. The first-order valence-corrected chi connectivity index (χ1v) is 20.8. The zero-order valence-electron chi connectivity index (χ0n) is 31.9. The van der Waals surface area contributed by atoms with Crippen LogP contribution in [0.5, 0.6) is 0 Å². The number of thiophene rings is 1. The molecule has 2 heterocycles. The van der Waals surface area contributed by atoms with Crippen molar-refractivity contribution < 1.29 is 29.6 Å². The van der Waals surface area contributed by atoms with Crippen molar-refractivity contribution >= 4 is 27.2 Å². The number of nitrogens with zero attached hydrogens (tertiary/aromatic N) is 1. The normalized spacial score (nSPS) is 26.9. The Morgan fingerprint density at radius 2 is 1.85 bits per heavy atom. The number of rotatable bonds is 12. The molecular weight excluding hydrogens is 695 g/mol. The van der Waals surface area contributed by atoms with E-state index in [2.05, 4.69) is 43.0 Å². The molecule has 3 aliphatic carbocycles. The molecular formula is C46H57NO6S. The van der Waals surface area contributed by atoms with Crippen molar-refractivity contribution in [2.75, 3.05) is 32.8 Å². The first-order chi connectivity index (χ1) is 26.1. The van der Waals surface area contributed by atoms with Gasteiger partial charge in [0.2, 0.25) is 5.78 Å². The van der Waals surface area contributed by atoms with Gasteiger partial charge in [-0.25, -0.2) is 0 Å². The Morgan fingerprint density at radius 1 is 1.04 bits per heavy atom. The zero-order chi connectivity index (χ0) is 37.7. The predicted molar refractivity (Wildman–Crippen MR) is 216 cm³/mol. The summed E-state index contributed by atoms with van der Waals surface area (Å²) in [6, 6.07) is 26.3. The third-order valence-corrected chi connectivity index (χ3v) is 13.5. The number of fused-ring (bicyclic) bond motifs is 9. The van der Waals surface area contributed by atoms with Crippen LogP contribution in [0.2, 0.25) is 0 Å². The largest absolute Gasteiger partial charge is 0.393 e. The minimum Gasteiger partial charge on any atom is -0.393 e. The maximum Gasteiger partial charge on any atom is 0.203 e.